The minimum absolute atomic E-state index is 0. The fraction of sp³-hybridized carbons (Fsp3) is 0.741. The van der Waals surface area contributed by atoms with Crippen molar-refractivity contribution in [3.05, 3.63) is 81.4 Å². The molecule has 65 heavy (non-hydrogen) atoms. The second kappa shape index (κ2) is 23.3. The summed E-state index contributed by atoms with van der Waals surface area (Å²) in [6.07, 6.45) is 7.16. The van der Waals surface area contributed by atoms with Crippen LogP contribution >= 0.6 is 11.3 Å². The predicted octanol–water partition coefficient (Wildman–Crippen LogP) is 16.1. The molecule has 0 aliphatic carbocycles. The molecule has 369 valence electrons. The van der Waals surface area contributed by atoms with Crippen LogP contribution in [0.3, 0.4) is 0 Å². The number of allylic oxidation sites excluding steroid dienone is 3. The first-order valence-corrected chi connectivity index (χ1v) is 23.7. The number of nitrogens with zero attached hydrogens (tertiary/aromatic N) is 6. The molecule has 0 amide bonds. The van der Waals surface area contributed by atoms with Crippen LogP contribution in [0.5, 0.6) is 0 Å². The number of rotatable bonds is 1. The number of thiazole rings is 1. The number of aromatic nitrogens is 6. The van der Waals surface area contributed by atoms with Crippen molar-refractivity contribution in [2.75, 3.05) is 0 Å². The average molecular weight is 996 g/mol. The third kappa shape index (κ3) is 25.0. The standard InChI is InChI=1S/C12H20.C11H19NO.C11H19NS.2C10H18N2O.Y/c1-10(12(5,6)7)8-9-11(2,3)4;1-10(2,3)8-7-9(13-12-8)11(4,5)6;1-10(2,3)8-7-12-9(13-8)11(4,5)6;1-9(2,3)7-11-12-8(13-7)10(4,5)6;1-9(2,3)7-11-8(13-12-7)10(4,5)6;/h1,8H,2-7H3;2*7H,1-6H3;2*1-6H3;/q-2;;;;;. The van der Waals surface area contributed by atoms with Gasteiger partial charge in [0.2, 0.25) is 17.7 Å². The Morgan fingerprint density at radius 1 is 0.538 bits per heavy atom. The Kier molecular flexibility index (Phi) is 23.3. The third-order valence-electron chi connectivity index (χ3n) is 8.88. The van der Waals surface area contributed by atoms with E-state index in [4.69, 9.17) is 20.0 Å². The molecule has 1 radical (unpaired) electrons. The van der Waals surface area contributed by atoms with Crippen LogP contribution in [0.15, 0.2) is 37.4 Å². The van der Waals surface area contributed by atoms with Crippen molar-refractivity contribution >= 4 is 11.3 Å². The zero-order valence-electron chi connectivity index (χ0n) is 47.2. The third-order valence-corrected chi connectivity index (χ3v) is 10.7. The molecule has 0 spiro atoms. The van der Waals surface area contributed by atoms with Gasteiger partial charge in [0.05, 0.1) is 10.7 Å². The number of hydrogen-bond acceptors (Lipinski definition) is 10. The molecular weight excluding hydrogens is 902 g/mol. The monoisotopic (exact) mass is 996 g/mol. The molecule has 4 aromatic rings. The summed E-state index contributed by atoms with van der Waals surface area (Å²) >= 11 is 1.84. The van der Waals surface area contributed by atoms with Crippen molar-refractivity contribution in [3.63, 3.8) is 0 Å². The van der Waals surface area contributed by atoms with Crippen molar-refractivity contribution in [2.45, 2.75) is 251 Å². The quantitative estimate of drug-likeness (QED) is 0.136. The molecule has 4 rings (SSSR count). The van der Waals surface area contributed by atoms with Crippen LogP contribution in [0.4, 0.5) is 0 Å². The van der Waals surface area contributed by atoms with Gasteiger partial charge in [0.25, 0.3) is 0 Å². The Labute approximate surface area is 428 Å². The fourth-order valence-corrected chi connectivity index (χ4v) is 5.15. The van der Waals surface area contributed by atoms with E-state index in [0.717, 1.165) is 22.9 Å². The van der Waals surface area contributed by atoms with E-state index in [0.29, 0.717) is 17.7 Å². The first-order valence-electron chi connectivity index (χ1n) is 22.8. The van der Waals surface area contributed by atoms with E-state index in [1.807, 2.05) is 23.6 Å². The topological polar surface area (TPSA) is 117 Å². The molecule has 0 N–H and O–H groups in total. The summed E-state index contributed by atoms with van der Waals surface area (Å²) in [6.45, 7) is 69.4. The van der Waals surface area contributed by atoms with E-state index in [2.05, 4.69) is 250 Å². The van der Waals surface area contributed by atoms with E-state index in [9.17, 15) is 0 Å². The average Bonchev–Trinajstić information content (AvgIpc) is 3.86. The number of hydrogen-bond donors (Lipinski definition) is 0. The fourth-order valence-electron chi connectivity index (χ4n) is 4.12. The van der Waals surface area contributed by atoms with Crippen LogP contribution in [-0.2, 0) is 76.0 Å². The molecule has 0 bridgehead atoms. The van der Waals surface area contributed by atoms with Gasteiger partial charge in [-0.3, -0.25) is 0 Å². The summed E-state index contributed by atoms with van der Waals surface area (Å²) in [4.78, 5) is 10.2. The van der Waals surface area contributed by atoms with Gasteiger partial charge in [-0.2, -0.15) is 4.98 Å². The van der Waals surface area contributed by atoms with Gasteiger partial charge < -0.3 is 37.8 Å². The maximum Gasteiger partial charge on any atom is 0.232 e. The van der Waals surface area contributed by atoms with Gasteiger partial charge in [-0.05, 0) is 5.41 Å². The molecule has 4 heterocycles. The Morgan fingerprint density at radius 2 is 0.985 bits per heavy atom. The molecule has 9 nitrogen and oxygen atoms in total. The zero-order chi connectivity index (χ0) is 51.1. The Hall–Kier alpha value is -2.30. The summed E-state index contributed by atoms with van der Waals surface area (Å²) in [6, 6.07) is 2.06. The second-order valence-corrected chi connectivity index (χ2v) is 28.2. The van der Waals surface area contributed by atoms with Crippen LogP contribution in [0.2, 0.25) is 0 Å². The SMILES string of the molecule is CC(C)(C)c1cc(C(C)(C)C)on1.CC(C)(C)c1cnc(C(C)(C)C)s1.CC(C)(C)c1nnc(C(C)(C)C)o1.CC(C)(C)c1noc(C(C)(C)C)n1.[CH-]=C(C=[C-]C(C)(C)C)C(C)(C)C.[Y]. The van der Waals surface area contributed by atoms with Gasteiger partial charge in [0.15, 0.2) is 5.82 Å². The van der Waals surface area contributed by atoms with Gasteiger partial charge in [-0.15, -0.1) is 32.4 Å². The van der Waals surface area contributed by atoms with Gasteiger partial charge in [-0.25, -0.2) is 4.98 Å². The van der Waals surface area contributed by atoms with Crippen molar-refractivity contribution in [1.29, 1.82) is 0 Å². The predicted molar refractivity (Wildman–Crippen MR) is 271 cm³/mol. The first kappa shape index (κ1) is 64.8. The zero-order valence-corrected chi connectivity index (χ0v) is 50.9. The molecule has 0 aromatic carbocycles. The van der Waals surface area contributed by atoms with Gasteiger partial charge in [0.1, 0.15) is 5.76 Å². The molecule has 0 aliphatic rings. The van der Waals surface area contributed by atoms with Crippen molar-refractivity contribution in [3.8, 4) is 0 Å². The molecule has 0 saturated carbocycles. The van der Waals surface area contributed by atoms with E-state index >= 15 is 0 Å². The molecule has 4 aromatic heterocycles. The molecule has 0 aliphatic heterocycles. The van der Waals surface area contributed by atoms with E-state index in [1.54, 1.807) is 0 Å². The summed E-state index contributed by atoms with van der Waals surface area (Å²) in [5.74, 6) is 3.85. The van der Waals surface area contributed by atoms with E-state index in [-0.39, 0.29) is 86.9 Å². The van der Waals surface area contributed by atoms with Crippen LogP contribution in [-0.4, -0.2) is 30.5 Å². The smallest absolute Gasteiger partial charge is 0.232 e. The van der Waals surface area contributed by atoms with Gasteiger partial charge in [-0.1, -0.05) is 218 Å². The largest absolute Gasteiger partial charge is 0.424 e. The molecule has 0 unspecified atom stereocenters. The Bertz CT molecular complexity index is 1660. The van der Waals surface area contributed by atoms with Gasteiger partial charge in [0, 0.05) is 87.8 Å². The molecule has 0 fully saturated rings. The molecule has 0 atom stereocenters. The normalized spacial score (nSPS) is 13.3. The summed E-state index contributed by atoms with van der Waals surface area (Å²) in [7, 11) is 0. The van der Waals surface area contributed by atoms with Crippen molar-refractivity contribution in [1.82, 2.24) is 30.5 Å². The van der Waals surface area contributed by atoms with Crippen LogP contribution in [0.1, 0.15) is 253 Å². The first-order chi connectivity index (χ1) is 28.0. The Morgan fingerprint density at radius 3 is 1.20 bits per heavy atom. The summed E-state index contributed by atoms with van der Waals surface area (Å²) in [5, 5.41) is 17.4. The van der Waals surface area contributed by atoms with Crippen LogP contribution in [0.25, 0.3) is 0 Å². The van der Waals surface area contributed by atoms with Crippen molar-refractivity contribution in [2.24, 2.45) is 10.8 Å². The maximum atomic E-state index is 5.86. The minimum atomic E-state index is -0.0590. The van der Waals surface area contributed by atoms with E-state index < -0.39 is 0 Å². The van der Waals surface area contributed by atoms with Crippen molar-refractivity contribution < 1.29 is 46.2 Å². The van der Waals surface area contributed by atoms with Crippen LogP contribution in [0, 0.1) is 23.5 Å². The van der Waals surface area contributed by atoms with Gasteiger partial charge >= 0.3 is 0 Å². The molecular formula is C54H94N6O3SY-2. The van der Waals surface area contributed by atoms with Crippen LogP contribution < -0.4 is 0 Å². The molecule has 0 saturated heterocycles. The van der Waals surface area contributed by atoms with E-state index in [1.165, 1.54) is 9.88 Å². The molecule has 11 heteroatoms. The summed E-state index contributed by atoms with van der Waals surface area (Å²) < 4.78 is 16.1. The Balaban J connectivity index is 0. The maximum absolute atomic E-state index is 5.86. The minimum Gasteiger partial charge on any atom is -0.424 e. The second-order valence-electron chi connectivity index (χ2n) is 27.2. The summed E-state index contributed by atoms with van der Waals surface area (Å²) in [5.41, 5.74) is 2.40.